The Kier molecular flexibility index (Phi) is 3.13. The molecule has 0 saturated carbocycles. The van der Waals surface area contributed by atoms with Gasteiger partial charge in [0.05, 0.1) is 0 Å². The molecule has 0 aliphatic heterocycles. The molecule has 1 rings (SSSR count). The standard InChI is InChI=1S/C8H11FN2O/c9-8-6(2-1-4-11-8)7(10)3-5-12/h1-2,4,7,12H,3,5,10H2/t7-/m1/s1. The van der Waals surface area contributed by atoms with E-state index >= 15 is 0 Å². The van der Waals surface area contributed by atoms with Gasteiger partial charge in [-0.1, -0.05) is 6.07 Å². The molecule has 1 atom stereocenters. The lowest BCUT2D eigenvalue weighted by Gasteiger charge is -2.09. The van der Waals surface area contributed by atoms with E-state index in [2.05, 4.69) is 4.98 Å². The predicted octanol–water partition coefficient (Wildman–Crippen LogP) is 0.603. The van der Waals surface area contributed by atoms with Crippen LogP contribution in [-0.4, -0.2) is 16.7 Å². The summed E-state index contributed by atoms with van der Waals surface area (Å²) in [6, 6.07) is 2.72. The largest absolute Gasteiger partial charge is 0.396 e. The molecule has 0 fully saturated rings. The van der Waals surface area contributed by atoms with E-state index in [0.29, 0.717) is 12.0 Å². The summed E-state index contributed by atoms with van der Waals surface area (Å²) in [4.78, 5) is 3.45. The van der Waals surface area contributed by atoms with Crippen molar-refractivity contribution in [3.05, 3.63) is 29.8 Å². The van der Waals surface area contributed by atoms with Gasteiger partial charge in [-0.3, -0.25) is 0 Å². The smallest absolute Gasteiger partial charge is 0.217 e. The molecule has 1 heterocycles. The van der Waals surface area contributed by atoms with Crippen molar-refractivity contribution in [1.82, 2.24) is 4.98 Å². The van der Waals surface area contributed by atoms with Crippen molar-refractivity contribution in [2.24, 2.45) is 5.73 Å². The normalized spacial score (nSPS) is 12.9. The fraction of sp³-hybridized carbons (Fsp3) is 0.375. The average Bonchev–Trinajstić information content (AvgIpc) is 2.05. The third kappa shape index (κ3) is 1.99. The number of aliphatic hydroxyl groups is 1. The van der Waals surface area contributed by atoms with Gasteiger partial charge in [-0.15, -0.1) is 0 Å². The van der Waals surface area contributed by atoms with Crippen LogP contribution >= 0.6 is 0 Å². The van der Waals surface area contributed by atoms with Crippen molar-refractivity contribution >= 4 is 0 Å². The lowest BCUT2D eigenvalue weighted by molar-refractivity contribution is 0.275. The first-order valence-corrected chi connectivity index (χ1v) is 3.72. The lowest BCUT2D eigenvalue weighted by atomic mass is 10.1. The van der Waals surface area contributed by atoms with E-state index in [4.69, 9.17) is 10.8 Å². The van der Waals surface area contributed by atoms with Gasteiger partial charge in [0.25, 0.3) is 0 Å². The summed E-state index contributed by atoms with van der Waals surface area (Å²) < 4.78 is 12.9. The number of hydrogen-bond acceptors (Lipinski definition) is 3. The van der Waals surface area contributed by atoms with Crippen LogP contribution in [0.4, 0.5) is 4.39 Å². The Labute approximate surface area is 70.0 Å². The quantitative estimate of drug-likeness (QED) is 0.653. The molecule has 12 heavy (non-hydrogen) atoms. The zero-order chi connectivity index (χ0) is 8.97. The molecule has 3 N–H and O–H groups in total. The van der Waals surface area contributed by atoms with Crippen LogP contribution in [0.5, 0.6) is 0 Å². The highest BCUT2D eigenvalue weighted by atomic mass is 19.1. The van der Waals surface area contributed by atoms with Gasteiger partial charge < -0.3 is 10.8 Å². The van der Waals surface area contributed by atoms with E-state index in [1.54, 1.807) is 12.1 Å². The van der Waals surface area contributed by atoms with Crippen molar-refractivity contribution in [1.29, 1.82) is 0 Å². The van der Waals surface area contributed by atoms with E-state index in [9.17, 15) is 4.39 Å². The molecule has 0 aliphatic carbocycles. The minimum Gasteiger partial charge on any atom is -0.396 e. The molecule has 0 aliphatic rings. The molecule has 1 aromatic rings. The van der Waals surface area contributed by atoms with Gasteiger partial charge in [0.1, 0.15) is 0 Å². The summed E-state index contributed by atoms with van der Waals surface area (Å²) in [5, 5.41) is 8.57. The van der Waals surface area contributed by atoms with E-state index < -0.39 is 12.0 Å². The van der Waals surface area contributed by atoms with Gasteiger partial charge in [-0.05, 0) is 12.5 Å². The molecule has 3 nitrogen and oxygen atoms in total. The van der Waals surface area contributed by atoms with Gasteiger partial charge in [0, 0.05) is 24.4 Å². The van der Waals surface area contributed by atoms with Crippen LogP contribution in [0.2, 0.25) is 0 Å². The van der Waals surface area contributed by atoms with E-state index in [-0.39, 0.29) is 6.61 Å². The topological polar surface area (TPSA) is 59.1 Å². The molecular weight excluding hydrogens is 159 g/mol. The summed E-state index contributed by atoms with van der Waals surface area (Å²) in [6.45, 7) is -0.0461. The minimum absolute atomic E-state index is 0.0461. The molecule has 0 amide bonds. The molecule has 1 aromatic heterocycles. The third-order valence-corrected chi connectivity index (χ3v) is 1.63. The van der Waals surface area contributed by atoms with Crippen molar-refractivity contribution in [2.75, 3.05) is 6.61 Å². The Morgan fingerprint density at radius 3 is 3.00 bits per heavy atom. The van der Waals surface area contributed by atoms with E-state index in [0.717, 1.165) is 0 Å². The van der Waals surface area contributed by atoms with Crippen LogP contribution in [0.3, 0.4) is 0 Å². The maximum atomic E-state index is 12.9. The van der Waals surface area contributed by atoms with Crippen LogP contribution in [0, 0.1) is 5.95 Å². The maximum Gasteiger partial charge on any atom is 0.217 e. The highest BCUT2D eigenvalue weighted by Crippen LogP contribution is 2.14. The minimum atomic E-state index is -0.557. The van der Waals surface area contributed by atoms with E-state index in [1.165, 1.54) is 6.20 Å². The van der Waals surface area contributed by atoms with Crippen LogP contribution in [-0.2, 0) is 0 Å². The monoisotopic (exact) mass is 170 g/mol. The third-order valence-electron chi connectivity index (χ3n) is 1.63. The van der Waals surface area contributed by atoms with Gasteiger partial charge >= 0.3 is 0 Å². The Balaban J connectivity index is 2.79. The molecular formula is C8H11FN2O. The average molecular weight is 170 g/mol. The van der Waals surface area contributed by atoms with E-state index in [1.807, 2.05) is 0 Å². The molecule has 0 bridgehead atoms. The summed E-state index contributed by atoms with van der Waals surface area (Å²) in [6.07, 6.45) is 1.72. The molecule has 0 radical (unpaired) electrons. The SMILES string of the molecule is N[C@H](CCO)c1cccnc1F. The number of halogens is 1. The Morgan fingerprint density at radius 1 is 1.67 bits per heavy atom. The molecule has 66 valence electrons. The van der Waals surface area contributed by atoms with Gasteiger partial charge in [0.2, 0.25) is 5.95 Å². The first kappa shape index (κ1) is 9.09. The number of nitrogens with two attached hydrogens (primary N) is 1. The summed E-state index contributed by atoms with van der Waals surface area (Å²) in [5.41, 5.74) is 5.92. The number of aromatic nitrogens is 1. The number of pyridine rings is 1. The highest BCUT2D eigenvalue weighted by molar-refractivity contribution is 5.14. The second kappa shape index (κ2) is 4.13. The van der Waals surface area contributed by atoms with Crippen LogP contribution in [0.15, 0.2) is 18.3 Å². The zero-order valence-electron chi connectivity index (χ0n) is 6.57. The van der Waals surface area contributed by atoms with Gasteiger partial charge in [-0.2, -0.15) is 4.39 Å². The van der Waals surface area contributed by atoms with Crippen molar-refractivity contribution in [2.45, 2.75) is 12.5 Å². The summed E-state index contributed by atoms with van der Waals surface area (Å²) in [5.74, 6) is -0.557. The Bertz CT molecular complexity index is 255. The second-order valence-electron chi connectivity index (χ2n) is 2.50. The Hall–Kier alpha value is -1.00. The molecule has 0 aromatic carbocycles. The summed E-state index contributed by atoms with van der Waals surface area (Å²) >= 11 is 0. The fourth-order valence-corrected chi connectivity index (χ4v) is 0.970. The highest BCUT2D eigenvalue weighted by Gasteiger charge is 2.10. The molecule has 0 saturated heterocycles. The van der Waals surface area contributed by atoms with Crippen LogP contribution in [0.1, 0.15) is 18.0 Å². The molecule has 0 unspecified atom stereocenters. The second-order valence-corrected chi connectivity index (χ2v) is 2.50. The van der Waals surface area contributed by atoms with Gasteiger partial charge in [0.15, 0.2) is 0 Å². The fourth-order valence-electron chi connectivity index (χ4n) is 0.970. The maximum absolute atomic E-state index is 12.9. The molecule has 4 heteroatoms. The number of rotatable bonds is 3. The predicted molar refractivity (Wildman–Crippen MR) is 42.8 cm³/mol. The zero-order valence-corrected chi connectivity index (χ0v) is 6.57. The first-order valence-electron chi connectivity index (χ1n) is 3.72. The van der Waals surface area contributed by atoms with Crippen LogP contribution in [0.25, 0.3) is 0 Å². The number of nitrogens with zero attached hydrogens (tertiary/aromatic N) is 1. The number of hydrogen-bond donors (Lipinski definition) is 2. The first-order chi connectivity index (χ1) is 5.75. The number of aliphatic hydroxyl groups excluding tert-OH is 1. The van der Waals surface area contributed by atoms with Crippen molar-refractivity contribution < 1.29 is 9.50 Å². The van der Waals surface area contributed by atoms with Crippen molar-refractivity contribution in [3.63, 3.8) is 0 Å². The van der Waals surface area contributed by atoms with Crippen LogP contribution < -0.4 is 5.73 Å². The molecule has 0 spiro atoms. The van der Waals surface area contributed by atoms with Crippen molar-refractivity contribution in [3.8, 4) is 0 Å². The Morgan fingerprint density at radius 2 is 2.42 bits per heavy atom. The lowest BCUT2D eigenvalue weighted by Crippen LogP contribution is -2.14. The van der Waals surface area contributed by atoms with Gasteiger partial charge in [-0.25, -0.2) is 4.98 Å². The summed E-state index contributed by atoms with van der Waals surface area (Å²) in [7, 11) is 0.